The Bertz CT molecular complexity index is 559. The number of nitrogens with one attached hydrogen (secondary N) is 2. The van der Waals surface area contributed by atoms with E-state index >= 15 is 0 Å². The maximum atomic E-state index is 12.0. The number of nitriles is 1. The quantitative estimate of drug-likeness (QED) is 0.844. The minimum Gasteiger partial charge on any atom is -0.444 e. The summed E-state index contributed by atoms with van der Waals surface area (Å²) < 4.78 is 5.08. The molecular weight excluding hydrogens is 294 g/mol. The molecule has 6 nitrogen and oxygen atoms in total. The fourth-order valence-corrected chi connectivity index (χ4v) is 1.89. The number of amides is 2. The van der Waals surface area contributed by atoms with Crippen molar-refractivity contribution in [3.8, 4) is 6.07 Å². The van der Waals surface area contributed by atoms with Crippen LogP contribution < -0.4 is 10.6 Å². The van der Waals surface area contributed by atoms with E-state index < -0.39 is 11.7 Å². The van der Waals surface area contributed by atoms with Crippen molar-refractivity contribution >= 4 is 12.0 Å². The standard InChI is InChI=1S/C17H23N3O3/c1-17(2,3)23-16(22)19-12-10-15(21)20-14(9-11-18)13-7-5-4-6-8-13/h4-8,14H,9-10,12H2,1-3H3,(H,19,22)(H,20,21). The van der Waals surface area contributed by atoms with Crippen molar-refractivity contribution in [3.63, 3.8) is 0 Å². The number of benzene rings is 1. The first kappa shape index (κ1) is 18.5. The SMILES string of the molecule is CC(C)(C)OC(=O)NCCC(=O)NC(CC#N)c1ccccc1. The highest BCUT2D eigenvalue weighted by atomic mass is 16.6. The molecule has 0 radical (unpaired) electrons. The molecule has 1 rings (SSSR count). The van der Waals surface area contributed by atoms with Crippen LogP contribution in [0.4, 0.5) is 4.79 Å². The Kier molecular flexibility index (Phi) is 7.07. The second kappa shape index (κ2) is 8.79. The minimum absolute atomic E-state index is 0.119. The molecule has 1 aromatic rings. The molecule has 0 aliphatic carbocycles. The summed E-state index contributed by atoms with van der Waals surface area (Å²) >= 11 is 0. The average Bonchev–Trinajstić information content (AvgIpc) is 2.46. The summed E-state index contributed by atoms with van der Waals surface area (Å²) in [5.41, 5.74) is 0.305. The molecule has 1 atom stereocenters. The van der Waals surface area contributed by atoms with Crippen LogP contribution in [-0.4, -0.2) is 24.1 Å². The van der Waals surface area contributed by atoms with Crippen LogP contribution in [0.1, 0.15) is 45.2 Å². The number of hydrogen-bond acceptors (Lipinski definition) is 4. The molecule has 6 heteroatoms. The third-order valence-corrected chi connectivity index (χ3v) is 2.85. The van der Waals surface area contributed by atoms with Gasteiger partial charge in [0.2, 0.25) is 5.91 Å². The van der Waals surface area contributed by atoms with Crippen LogP contribution in [0.15, 0.2) is 30.3 Å². The van der Waals surface area contributed by atoms with Crippen molar-refractivity contribution < 1.29 is 14.3 Å². The molecule has 0 saturated heterocycles. The summed E-state index contributed by atoms with van der Waals surface area (Å²) in [6, 6.07) is 11.0. The predicted molar refractivity (Wildman–Crippen MR) is 86.4 cm³/mol. The summed E-state index contributed by atoms with van der Waals surface area (Å²) in [5.74, 6) is -0.231. The number of hydrogen-bond donors (Lipinski definition) is 2. The van der Waals surface area contributed by atoms with E-state index in [1.165, 1.54) is 0 Å². The highest BCUT2D eigenvalue weighted by molar-refractivity contribution is 5.77. The van der Waals surface area contributed by atoms with Gasteiger partial charge in [0, 0.05) is 13.0 Å². The molecule has 0 bridgehead atoms. The first-order valence-electron chi connectivity index (χ1n) is 7.50. The van der Waals surface area contributed by atoms with Gasteiger partial charge in [-0.3, -0.25) is 4.79 Å². The van der Waals surface area contributed by atoms with E-state index in [-0.39, 0.29) is 31.3 Å². The Morgan fingerprint density at radius 3 is 2.48 bits per heavy atom. The Labute approximate surface area is 136 Å². The Hall–Kier alpha value is -2.55. The first-order valence-corrected chi connectivity index (χ1v) is 7.50. The van der Waals surface area contributed by atoms with Gasteiger partial charge in [0.05, 0.1) is 18.5 Å². The molecule has 23 heavy (non-hydrogen) atoms. The highest BCUT2D eigenvalue weighted by Crippen LogP contribution is 2.15. The van der Waals surface area contributed by atoms with E-state index in [1.807, 2.05) is 30.3 Å². The summed E-state index contributed by atoms with van der Waals surface area (Å²) in [6.07, 6.45) is -0.245. The second-order valence-electron chi connectivity index (χ2n) is 6.07. The number of nitrogens with zero attached hydrogens (tertiary/aromatic N) is 1. The normalized spacial score (nSPS) is 11.9. The van der Waals surface area contributed by atoms with Crippen molar-refractivity contribution in [1.82, 2.24) is 10.6 Å². The lowest BCUT2D eigenvalue weighted by Gasteiger charge is -2.20. The van der Waals surface area contributed by atoms with Gasteiger partial charge in [-0.15, -0.1) is 0 Å². The third kappa shape index (κ3) is 7.86. The van der Waals surface area contributed by atoms with Gasteiger partial charge in [0.15, 0.2) is 0 Å². The van der Waals surface area contributed by atoms with Crippen LogP contribution in [0.25, 0.3) is 0 Å². The van der Waals surface area contributed by atoms with Crippen molar-refractivity contribution in [2.75, 3.05) is 6.54 Å². The van der Waals surface area contributed by atoms with Crippen LogP contribution in [0.5, 0.6) is 0 Å². The number of carbonyl (C=O) groups excluding carboxylic acids is 2. The van der Waals surface area contributed by atoms with Gasteiger partial charge in [-0.05, 0) is 26.3 Å². The van der Waals surface area contributed by atoms with Crippen molar-refractivity contribution in [2.24, 2.45) is 0 Å². The highest BCUT2D eigenvalue weighted by Gasteiger charge is 2.17. The van der Waals surface area contributed by atoms with Gasteiger partial charge in [0.1, 0.15) is 5.60 Å². The fourth-order valence-electron chi connectivity index (χ4n) is 1.89. The maximum Gasteiger partial charge on any atom is 0.407 e. The summed E-state index contributed by atoms with van der Waals surface area (Å²) in [4.78, 5) is 23.4. The molecule has 2 amide bonds. The van der Waals surface area contributed by atoms with Gasteiger partial charge in [-0.1, -0.05) is 30.3 Å². The van der Waals surface area contributed by atoms with Crippen LogP contribution in [0.3, 0.4) is 0 Å². The lowest BCUT2D eigenvalue weighted by Crippen LogP contribution is -2.36. The van der Waals surface area contributed by atoms with E-state index in [4.69, 9.17) is 10.00 Å². The first-order chi connectivity index (χ1) is 10.8. The van der Waals surface area contributed by atoms with Crippen molar-refractivity contribution in [3.05, 3.63) is 35.9 Å². The lowest BCUT2D eigenvalue weighted by molar-refractivity contribution is -0.121. The molecule has 1 unspecified atom stereocenters. The number of rotatable bonds is 6. The molecular formula is C17H23N3O3. The van der Waals surface area contributed by atoms with Crippen LogP contribution in [0, 0.1) is 11.3 Å². The zero-order valence-corrected chi connectivity index (χ0v) is 13.8. The van der Waals surface area contributed by atoms with E-state index in [2.05, 4.69) is 16.7 Å². The summed E-state index contributed by atoms with van der Waals surface area (Å²) in [6.45, 7) is 5.48. The molecule has 0 aliphatic heterocycles. The number of carbonyl (C=O) groups is 2. The molecule has 124 valence electrons. The maximum absolute atomic E-state index is 12.0. The third-order valence-electron chi connectivity index (χ3n) is 2.85. The molecule has 0 aliphatic rings. The monoisotopic (exact) mass is 317 g/mol. The molecule has 0 fully saturated rings. The zero-order chi connectivity index (χ0) is 17.3. The van der Waals surface area contributed by atoms with E-state index in [0.29, 0.717) is 0 Å². The Morgan fingerprint density at radius 1 is 1.26 bits per heavy atom. The number of ether oxygens (including phenoxy) is 1. The predicted octanol–water partition coefficient (Wildman–Crippen LogP) is 2.67. The average molecular weight is 317 g/mol. The van der Waals surface area contributed by atoms with Gasteiger partial charge >= 0.3 is 6.09 Å². The van der Waals surface area contributed by atoms with Gasteiger partial charge in [-0.2, -0.15) is 5.26 Å². The zero-order valence-electron chi connectivity index (χ0n) is 13.8. The molecule has 0 spiro atoms. The van der Waals surface area contributed by atoms with E-state index in [9.17, 15) is 9.59 Å². The van der Waals surface area contributed by atoms with Crippen LogP contribution >= 0.6 is 0 Å². The summed E-state index contributed by atoms with van der Waals surface area (Å²) in [5, 5.41) is 14.2. The molecule has 0 aromatic heterocycles. The van der Waals surface area contributed by atoms with Crippen molar-refractivity contribution in [2.45, 2.75) is 45.3 Å². The minimum atomic E-state index is -0.572. The van der Waals surface area contributed by atoms with E-state index in [0.717, 1.165) is 5.56 Å². The lowest BCUT2D eigenvalue weighted by atomic mass is 10.0. The molecule has 1 aromatic carbocycles. The molecule has 0 heterocycles. The second-order valence-corrected chi connectivity index (χ2v) is 6.07. The topological polar surface area (TPSA) is 91.2 Å². The Balaban J connectivity index is 2.42. The van der Waals surface area contributed by atoms with Gasteiger partial charge in [-0.25, -0.2) is 4.79 Å². The van der Waals surface area contributed by atoms with E-state index in [1.54, 1.807) is 20.8 Å². The molecule has 2 N–H and O–H groups in total. The van der Waals surface area contributed by atoms with Crippen LogP contribution in [0.2, 0.25) is 0 Å². The van der Waals surface area contributed by atoms with Crippen LogP contribution in [-0.2, 0) is 9.53 Å². The Morgan fingerprint density at radius 2 is 1.91 bits per heavy atom. The molecule has 0 saturated carbocycles. The number of alkyl carbamates (subject to hydrolysis) is 1. The van der Waals surface area contributed by atoms with Crippen molar-refractivity contribution in [1.29, 1.82) is 5.26 Å². The smallest absolute Gasteiger partial charge is 0.407 e. The summed E-state index contributed by atoms with van der Waals surface area (Å²) in [7, 11) is 0. The van der Waals surface area contributed by atoms with Gasteiger partial charge < -0.3 is 15.4 Å². The fraction of sp³-hybridized carbons (Fsp3) is 0.471. The largest absolute Gasteiger partial charge is 0.444 e. The van der Waals surface area contributed by atoms with Gasteiger partial charge in [0.25, 0.3) is 0 Å².